The number of methoxy groups -OCH3 is 1. The van der Waals surface area contributed by atoms with Crippen molar-refractivity contribution < 1.29 is 9.84 Å². The van der Waals surface area contributed by atoms with Crippen LogP contribution in [0.25, 0.3) is 0 Å². The fourth-order valence-electron chi connectivity index (χ4n) is 4.09. The first-order valence-electron chi connectivity index (χ1n) is 8.53. The van der Waals surface area contributed by atoms with E-state index in [1.54, 1.807) is 7.11 Å². The number of benzene rings is 1. The molecule has 0 saturated carbocycles. The van der Waals surface area contributed by atoms with Crippen LogP contribution in [0.5, 0.6) is 11.5 Å². The highest BCUT2D eigenvalue weighted by atomic mass is 16.5. The Morgan fingerprint density at radius 3 is 2.95 bits per heavy atom. The lowest BCUT2D eigenvalue weighted by molar-refractivity contribution is 0.0783. The SMILES string of the molecule is CCCCC1CN2CCc3cc(O)c(OC)cc3C2CC1N. The van der Waals surface area contributed by atoms with Crippen LogP contribution >= 0.6 is 0 Å². The van der Waals surface area contributed by atoms with Gasteiger partial charge in [-0.25, -0.2) is 0 Å². The summed E-state index contributed by atoms with van der Waals surface area (Å²) in [6.45, 7) is 4.42. The molecular formula is C18H28N2O2. The fraction of sp³-hybridized carbons (Fsp3) is 0.667. The highest BCUT2D eigenvalue weighted by Gasteiger charge is 2.37. The number of unbranched alkanes of at least 4 members (excludes halogenated alkanes) is 1. The van der Waals surface area contributed by atoms with Crippen LogP contribution in [0.3, 0.4) is 0 Å². The van der Waals surface area contributed by atoms with Crippen LogP contribution in [-0.2, 0) is 6.42 Å². The second-order valence-corrected chi connectivity index (χ2v) is 6.79. The van der Waals surface area contributed by atoms with Crippen molar-refractivity contribution in [3.63, 3.8) is 0 Å². The lowest BCUT2D eigenvalue weighted by Gasteiger charge is -2.46. The highest BCUT2D eigenvalue weighted by Crippen LogP contribution is 2.42. The molecule has 0 amide bonds. The molecule has 1 fully saturated rings. The third-order valence-corrected chi connectivity index (χ3v) is 5.41. The van der Waals surface area contributed by atoms with Crippen LogP contribution in [0.2, 0.25) is 0 Å². The Bertz CT molecular complexity index is 532. The molecule has 3 atom stereocenters. The zero-order valence-electron chi connectivity index (χ0n) is 13.7. The summed E-state index contributed by atoms with van der Waals surface area (Å²) in [5.41, 5.74) is 9.02. The number of aromatic hydroxyl groups is 1. The maximum atomic E-state index is 9.99. The van der Waals surface area contributed by atoms with E-state index in [9.17, 15) is 5.11 Å². The summed E-state index contributed by atoms with van der Waals surface area (Å²) in [6.07, 6.45) is 5.77. The van der Waals surface area contributed by atoms with Crippen molar-refractivity contribution in [1.82, 2.24) is 4.90 Å². The second kappa shape index (κ2) is 6.47. The normalized spacial score (nSPS) is 28.0. The molecule has 2 aliphatic heterocycles. The fourth-order valence-corrected chi connectivity index (χ4v) is 4.09. The average molecular weight is 304 g/mol. The number of hydrogen-bond acceptors (Lipinski definition) is 4. The molecule has 2 heterocycles. The molecule has 122 valence electrons. The van der Waals surface area contributed by atoms with Crippen molar-refractivity contribution in [2.24, 2.45) is 11.7 Å². The van der Waals surface area contributed by atoms with Gasteiger partial charge >= 0.3 is 0 Å². The topological polar surface area (TPSA) is 58.7 Å². The van der Waals surface area contributed by atoms with Crippen LogP contribution in [0.4, 0.5) is 0 Å². The van der Waals surface area contributed by atoms with Gasteiger partial charge in [0.05, 0.1) is 7.11 Å². The van der Waals surface area contributed by atoms with Crippen LogP contribution in [0, 0.1) is 5.92 Å². The average Bonchev–Trinajstić information content (AvgIpc) is 2.52. The number of nitrogens with two attached hydrogens (primary N) is 1. The van der Waals surface area contributed by atoms with E-state index in [4.69, 9.17) is 10.5 Å². The standard InChI is InChI=1S/C18H28N2O2/c1-3-4-5-13-11-20-7-6-12-8-17(21)18(22-2)9-14(12)16(20)10-15(13)19/h8-9,13,15-16,21H,3-7,10-11,19H2,1-2H3. The molecule has 1 aromatic carbocycles. The maximum Gasteiger partial charge on any atom is 0.160 e. The minimum atomic E-state index is 0.246. The lowest BCUT2D eigenvalue weighted by Crippen LogP contribution is -2.50. The first-order valence-corrected chi connectivity index (χ1v) is 8.53. The van der Waals surface area contributed by atoms with Gasteiger partial charge in [-0.1, -0.05) is 19.8 Å². The molecule has 0 aliphatic carbocycles. The molecule has 2 aliphatic rings. The summed E-state index contributed by atoms with van der Waals surface area (Å²) in [4.78, 5) is 2.59. The van der Waals surface area contributed by atoms with Gasteiger partial charge in [-0.05, 0) is 48.4 Å². The van der Waals surface area contributed by atoms with E-state index in [0.717, 1.165) is 25.9 Å². The largest absolute Gasteiger partial charge is 0.504 e. The Labute approximate surface area is 133 Å². The summed E-state index contributed by atoms with van der Waals surface area (Å²) >= 11 is 0. The number of fused-ring (bicyclic) bond motifs is 3. The molecule has 3 unspecified atom stereocenters. The third kappa shape index (κ3) is 2.82. The quantitative estimate of drug-likeness (QED) is 0.898. The van der Waals surface area contributed by atoms with E-state index in [1.807, 2.05) is 12.1 Å². The van der Waals surface area contributed by atoms with E-state index in [0.29, 0.717) is 17.7 Å². The second-order valence-electron chi connectivity index (χ2n) is 6.79. The monoisotopic (exact) mass is 304 g/mol. The predicted octanol–water partition coefficient (Wildman–Crippen LogP) is 2.84. The Morgan fingerprint density at radius 2 is 2.23 bits per heavy atom. The van der Waals surface area contributed by atoms with Crippen molar-refractivity contribution in [3.8, 4) is 11.5 Å². The first kappa shape index (κ1) is 15.6. The van der Waals surface area contributed by atoms with E-state index >= 15 is 0 Å². The molecule has 0 spiro atoms. The number of nitrogens with zero attached hydrogens (tertiary/aromatic N) is 1. The number of ether oxygens (including phenoxy) is 1. The molecule has 22 heavy (non-hydrogen) atoms. The maximum absolute atomic E-state index is 9.99. The minimum absolute atomic E-state index is 0.246. The van der Waals surface area contributed by atoms with Crippen LogP contribution in [0.1, 0.15) is 49.8 Å². The van der Waals surface area contributed by atoms with Gasteiger partial charge in [0, 0.05) is 25.2 Å². The first-order chi connectivity index (χ1) is 10.6. The van der Waals surface area contributed by atoms with Gasteiger partial charge in [-0.2, -0.15) is 0 Å². The zero-order valence-corrected chi connectivity index (χ0v) is 13.7. The number of phenols is 1. The van der Waals surface area contributed by atoms with Crippen molar-refractivity contribution >= 4 is 0 Å². The van der Waals surface area contributed by atoms with Gasteiger partial charge in [-0.3, -0.25) is 4.90 Å². The van der Waals surface area contributed by atoms with Gasteiger partial charge in [0.25, 0.3) is 0 Å². The van der Waals surface area contributed by atoms with Crippen LogP contribution in [0.15, 0.2) is 12.1 Å². The molecule has 0 aromatic heterocycles. The smallest absolute Gasteiger partial charge is 0.160 e. The van der Waals surface area contributed by atoms with E-state index in [2.05, 4.69) is 11.8 Å². The molecule has 0 bridgehead atoms. The summed E-state index contributed by atoms with van der Waals surface area (Å²) < 4.78 is 5.29. The molecular weight excluding hydrogens is 276 g/mol. The summed E-state index contributed by atoms with van der Waals surface area (Å²) in [7, 11) is 1.61. The predicted molar refractivity (Wildman–Crippen MR) is 88.3 cm³/mol. The van der Waals surface area contributed by atoms with E-state index in [1.165, 1.54) is 30.4 Å². The minimum Gasteiger partial charge on any atom is -0.504 e. The number of hydrogen-bond donors (Lipinski definition) is 2. The van der Waals surface area contributed by atoms with Crippen LogP contribution in [-0.4, -0.2) is 36.2 Å². The lowest BCUT2D eigenvalue weighted by atomic mass is 9.79. The molecule has 0 radical (unpaired) electrons. The Morgan fingerprint density at radius 1 is 1.41 bits per heavy atom. The molecule has 1 saturated heterocycles. The third-order valence-electron chi connectivity index (χ3n) is 5.41. The molecule has 4 nitrogen and oxygen atoms in total. The van der Waals surface area contributed by atoms with Gasteiger partial charge in [-0.15, -0.1) is 0 Å². The number of phenolic OH excluding ortho intramolecular Hbond substituents is 1. The van der Waals surface area contributed by atoms with Crippen molar-refractivity contribution in [3.05, 3.63) is 23.3 Å². The van der Waals surface area contributed by atoms with Gasteiger partial charge in [0.15, 0.2) is 11.5 Å². The van der Waals surface area contributed by atoms with Crippen molar-refractivity contribution in [1.29, 1.82) is 0 Å². The Hall–Kier alpha value is -1.26. The summed E-state index contributed by atoms with van der Waals surface area (Å²) in [5.74, 6) is 1.44. The molecule has 1 aromatic rings. The Balaban J connectivity index is 1.83. The van der Waals surface area contributed by atoms with Crippen molar-refractivity contribution in [2.75, 3.05) is 20.2 Å². The number of piperidine rings is 1. The molecule has 4 heteroatoms. The van der Waals surface area contributed by atoms with E-state index < -0.39 is 0 Å². The Kier molecular flexibility index (Phi) is 4.59. The van der Waals surface area contributed by atoms with Gasteiger partial charge in [0.2, 0.25) is 0 Å². The molecule has 3 N–H and O–H groups in total. The zero-order chi connectivity index (χ0) is 15.7. The van der Waals surface area contributed by atoms with Gasteiger partial charge in [0.1, 0.15) is 0 Å². The number of rotatable bonds is 4. The van der Waals surface area contributed by atoms with E-state index in [-0.39, 0.29) is 11.8 Å². The highest BCUT2D eigenvalue weighted by molar-refractivity contribution is 5.48. The molecule has 3 rings (SSSR count). The van der Waals surface area contributed by atoms with Crippen LogP contribution < -0.4 is 10.5 Å². The van der Waals surface area contributed by atoms with Gasteiger partial charge < -0.3 is 15.6 Å². The van der Waals surface area contributed by atoms with Crippen molar-refractivity contribution in [2.45, 2.75) is 51.1 Å². The summed E-state index contributed by atoms with van der Waals surface area (Å²) in [5, 5.41) is 9.99. The summed E-state index contributed by atoms with van der Waals surface area (Å²) in [6, 6.07) is 4.55.